The van der Waals surface area contributed by atoms with Crippen LogP contribution in [0.4, 0.5) is 0 Å². The van der Waals surface area contributed by atoms with Gasteiger partial charge in [-0.25, -0.2) is 0 Å². The molecule has 5 heteroatoms. The van der Waals surface area contributed by atoms with E-state index in [1.165, 1.54) is 23.0 Å². The molecular weight excluding hydrogens is 238 g/mol. The van der Waals surface area contributed by atoms with E-state index in [0.29, 0.717) is 6.04 Å². The molecule has 2 rings (SSSR count). The number of nitrogens with zero attached hydrogens (tertiary/aromatic N) is 2. The lowest BCUT2D eigenvalue weighted by Crippen LogP contribution is -2.32. The lowest BCUT2D eigenvalue weighted by molar-refractivity contribution is 0.594. The summed E-state index contributed by atoms with van der Waals surface area (Å²) in [4.78, 5) is 8.60. The maximum atomic E-state index is 4.35. The molecule has 16 heavy (non-hydrogen) atoms. The van der Waals surface area contributed by atoms with E-state index < -0.39 is 0 Å². The Hall–Kier alpha value is -0.260. The zero-order valence-electron chi connectivity index (χ0n) is 9.48. The fourth-order valence-electron chi connectivity index (χ4n) is 1.49. The normalized spacial score (nSPS) is 18.3. The Balaban J connectivity index is 1.79. The minimum atomic E-state index is 0.612. The largest absolute Gasteiger partial charge is 0.307 e. The molecule has 1 N–H and O–H groups in total. The fourth-order valence-corrected chi connectivity index (χ4v) is 3.96. The molecule has 3 nitrogen and oxygen atoms in total. The van der Waals surface area contributed by atoms with E-state index in [2.05, 4.69) is 15.3 Å². The summed E-state index contributed by atoms with van der Waals surface area (Å²) in [6.45, 7) is 2.79. The molecule has 1 aliphatic rings. The quantitative estimate of drug-likeness (QED) is 0.890. The van der Waals surface area contributed by atoms with E-state index in [-0.39, 0.29) is 0 Å². The number of nitrogens with one attached hydrogen (secondary N) is 1. The zero-order valence-corrected chi connectivity index (χ0v) is 11.1. The molecule has 88 valence electrons. The predicted molar refractivity (Wildman–Crippen MR) is 72.0 cm³/mol. The van der Waals surface area contributed by atoms with Crippen LogP contribution in [0.3, 0.4) is 0 Å². The molecule has 0 spiro atoms. The first-order valence-corrected chi connectivity index (χ1v) is 7.82. The summed E-state index contributed by atoms with van der Waals surface area (Å²) in [7, 11) is 0. The van der Waals surface area contributed by atoms with Gasteiger partial charge in [-0.2, -0.15) is 23.5 Å². The van der Waals surface area contributed by atoms with Crippen LogP contribution in [0.1, 0.15) is 11.4 Å². The predicted octanol–water partition coefficient (Wildman–Crippen LogP) is 1.72. The third-order valence-corrected chi connectivity index (χ3v) is 4.94. The molecular formula is C11H17N3S2. The minimum Gasteiger partial charge on any atom is -0.307 e. The van der Waals surface area contributed by atoms with Gasteiger partial charge in [-0.15, -0.1) is 0 Å². The molecule has 0 atom stereocenters. The molecule has 2 heterocycles. The van der Waals surface area contributed by atoms with Crippen LogP contribution in [-0.2, 0) is 6.54 Å². The summed E-state index contributed by atoms with van der Waals surface area (Å²) in [6.07, 6.45) is 3.69. The summed E-state index contributed by atoms with van der Waals surface area (Å²) >= 11 is 4.08. The van der Waals surface area contributed by atoms with Crippen LogP contribution in [0.2, 0.25) is 0 Å². The van der Waals surface area contributed by atoms with Crippen molar-refractivity contribution in [2.75, 3.05) is 23.0 Å². The molecule has 0 saturated carbocycles. The second-order valence-corrected chi connectivity index (χ2v) is 6.18. The molecule has 0 aromatic carbocycles. The number of aryl methyl sites for hydroxylation is 1. The Kier molecular flexibility index (Phi) is 4.93. The Morgan fingerprint density at radius 2 is 2.00 bits per heavy atom. The summed E-state index contributed by atoms with van der Waals surface area (Å²) in [5.74, 6) is 5.00. The van der Waals surface area contributed by atoms with Crippen LogP contribution in [0.5, 0.6) is 0 Å². The Labute approximate surface area is 105 Å². The summed E-state index contributed by atoms with van der Waals surface area (Å²) in [6, 6.07) is 0.612. The van der Waals surface area contributed by atoms with Gasteiger partial charge in [0.25, 0.3) is 0 Å². The maximum Gasteiger partial charge on any atom is 0.0724 e. The van der Waals surface area contributed by atoms with Gasteiger partial charge < -0.3 is 5.32 Å². The monoisotopic (exact) mass is 255 g/mol. The third-order valence-electron chi connectivity index (χ3n) is 2.42. The molecule has 1 saturated heterocycles. The molecule has 0 amide bonds. The first-order chi connectivity index (χ1) is 7.84. The third kappa shape index (κ3) is 3.96. The molecule has 1 fully saturated rings. The minimum absolute atomic E-state index is 0.612. The summed E-state index contributed by atoms with van der Waals surface area (Å²) < 4.78 is 0. The lowest BCUT2D eigenvalue weighted by atomic mass is 10.3. The molecule has 0 unspecified atom stereocenters. The highest BCUT2D eigenvalue weighted by molar-refractivity contribution is 8.03. The van der Waals surface area contributed by atoms with Gasteiger partial charge in [-0.1, -0.05) is 0 Å². The van der Waals surface area contributed by atoms with E-state index >= 15 is 0 Å². The van der Waals surface area contributed by atoms with E-state index in [1.807, 2.05) is 42.8 Å². The van der Waals surface area contributed by atoms with Crippen LogP contribution >= 0.6 is 23.5 Å². The van der Waals surface area contributed by atoms with Crippen LogP contribution < -0.4 is 5.32 Å². The molecule has 1 aromatic rings. The molecule has 0 bridgehead atoms. The maximum absolute atomic E-state index is 4.35. The van der Waals surface area contributed by atoms with E-state index in [4.69, 9.17) is 0 Å². The van der Waals surface area contributed by atoms with Gasteiger partial charge in [-0.05, 0) is 6.92 Å². The number of thioether (sulfide) groups is 2. The van der Waals surface area contributed by atoms with E-state index in [1.54, 1.807) is 0 Å². The van der Waals surface area contributed by atoms with Crippen molar-refractivity contribution in [1.29, 1.82) is 0 Å². The number of aromatic nitrogens is 2. The Morgan fingerprint density at radius 3 is 2.62 bits per heavy atom. The van der Waals surface area contributed by atoms with Crippen molar-refractivity contribution in [2.45, 2.75) is 19.5 Å². The number of rotatable bonds is 3. The lowest BCUT2D eigenvalue weighted by Gasteiger charge is -2.14. The van der Waals surface area contributed by atoms with Crippen LogP contribution in [-0.4, -0.2) is 39.0 Å². The van der Waals surface area contributed by atoms with Crippen LogP contribution in [0.25, 0.3) is 0 Å². The highest BCUT2D eigenvalue weighted by atomic mass is 32.2. The fraction of sp³-hybridized carbons (Fsp3) is 0.636. The van der Waals surface area contributed by atoms with Crippen molar-refractivity contribution in [3.05, 3.63) is 23.8 Å². The van der Waals surface area contributed by atoms with Gasteiger partial charge in [0.05, 0.1) is 11.4 Å². The Morgan fingerprint density at radius 1 is 1.25 bits per heavy atom. The number of hydrogen-bond donors (Lipinski definition) is 1. The average molecular weight is 255 g/mol. The summed E-state index contributed by atoms with van der Waals surface area (Å²) in [5, 5.41) is 3.55. The van der Waals surface area contributed by atoms with E-state index in [9.17, 15) is 0 Å². The van der Waals surface area contributed by atoms with Gasteiger partial charge in [0, 0.05) is 48.0 Å². The molecule has 1 aliphatic heterocycles. The van der Waals surface area contributed by atoms with Crippen molar-refractivity contribution in [2.24, 2.45) is 0 Å². The molecule has 1 aromatic heterocycles. The zero-order chi connectivity index (χ0) is 11.2. The first-order valence-electron chi connectivity index (χ1n) is 5.51. The highest BCUT2D eigenvalue weighted by Crippen LogP contribution is 2.16. The second kappa shape index (κ2) is 6.47. The summed E-state index contributed by atoms with van der Waals surface area (Å²) in [5.41, 5.74) is 2.01. The van der Waals surface area contributed by atoms with Crippen molar-refractivity contribution in [3.8, 4) is 0 Å². The highest BCUT2D eigenvalue weighted by Gasteiger charge is 2.12. The van der Waals surface area contributed by atoms with Crippen LogP contribution in [0.15, 0.2) is 12.4 Å². The van der Waals surface area contributed by atoms with E-state index in [0.717, 1.165) is 17.9 Å². The SMILES string of the molecule is Cc1cnc(CNC2CSCCSC2)cn1. The van der Waals surface area contributed by atoms with Gasteiger partial charge in [0.15, 0.2) is 0 Å². The first kappa shape index (κ1) is 12.2. The number of hydrogen-bond acceptors (Lipinski definition) is 5. The molecule has 0 radical (unpaired) electrons. The molecule has 0 aliphatic carbocycles. The average Bonchev–Trinajstić information content (AvgIpc) is 2.57. The van der Waals surface area contributed by atoms with Gasteiger partial charge >= 0.3 is 0 Å². The van der Waals surface area contributed by atoms with Gasteiger partial charge in [-0.3, -0.25) is 9.97 Å². The second-order valence-electron chi connectivity index (χ2n) is 3.88. The standard InChI is InChI=1S/C11H17N3S2/c1-9-4-13-10(5-12-9)6-14-11-7-15-2-3-16-8-11/h4-5,11,14H,2-3,6-8H2,1H3. The topological polar surface area (TPSA) is 37.8 Å². The Bertz CT molecular complexity index is 308. The van der Waals surface area contributed by atoms with Crippen LogP contribution in [0, 0.1) is 6.92 Å². The van der Waals surface area contributed by atoms with Crippen molar-refractivity contribution in [3.63, 3.8) is 0 Å². The van der Waals surface area contributed by atoms with Crippen molar-refractivity contribution in [1.82, 2.24) is 15.3 Å². The van der Waals surface area contributed by atoms with Gasteiger partial charge in [0.2, 0.25) is 0 Å². The van der Waals surface area contributed by atoms with Crippen molar-refractivity contribution < 1.29 is 0 Å². The van der Waals surface area contributed by atoms with Gasteiger partial charge in [0.1, 0.15) is 0 Å². The smallest absolute Gasteiger partial charge is 0.0724 e. The van der Waals surface area contributed by atoms with Crippen molar-refractivity contribution >= 4 is 23.5 Å².